The summed E-state index contributed by atoms with van der Waals surface area (Å²) in [7, 11) is 0. The van der Waals surface area contributed by atoms with Gasteiger partial charge in [-0.05, 0) is 32.6 Å². The van der Waals surface area contributed by atoms with Crippen LogP contribution in [-0.2, 0) is 14.3 Å². The number of carbonyl (C=O) groups excluding carboxylic acids is 1. The van der Waals surface area contributed by atoms with Gasteiger partial charge in [0.25, 0.3) is 0 Å². The van der Waals surface area contributed by atoms with Crippen LogP contribution in [-0.4, -0.2) is 35.7 Å². The Bertz CT molecular complexity index is 336. The molecule has 1 heterocycles. The highest BCUT2D eigenvalue weighted by atomic mass is 16.5. The highest BCUT2D eigenvalue weighted by Crippen LogP contribution is 2.37. The third kappa shape index (κ3) is 2.66. The number of rotatable bonds is 4. The number of carbonyl (C=O) groups is 2. The maximum Gasteiger partial charge on any atom is 0.311 e. The third-order valence-electron chi connectivity index (χ3n) is 4.14. The smallest absolute Gasteiger partial charge is 0.311 e. The molecule has 0 bridgehead atoms. The van der Waals surface area contributed by atoms with E-state index in [-0.39, 0.29) is 18.6 Å². The van der Waals surface area contributed by atoms with Gasteiger partial charge in [0.05, 0.1) is 11.5 Å². The third-order valence-corrected chi connectivity index (χ3v) is 4.14. The average Bonchev–Trinajstić information content (AvgIpc) is 2.95. The van der Waals surface area contributed by atoms with Gasteiger partial charge in [-0.2, -0.15) is 0 Å². The van der Waals surface area contributed by atoms with Crippen LogP contribution in [0.15, 0.2) is 0 Å². The Kier molecular flexibility index (Phi) is 3.90. The van der Waals surface area contributed by atoms with Gasteiger partial charge in [-0.1, -0.05) is 12.8 Å². The van der Waals surface area contributed by atoms with Gasteiger partial charge in [0.1, 0.15) is 6.10 Å². The molecule has 2 rings (SSSR count). The zero-order valence-electron chi connectivity index (χ0n) is 10.8. The van der Waals surface area contributed by atoms with Crippen LogP contribution in [0.1, 0.15) is 45.4 Å². The summed E-state index contributed by atoms with van der Waals surface area (Å²) in [6.45, 7) is 2.18. The van der Waals surface area contributed by atoms with Gasteiger partial charge in [0.2, 0.25) is 5.91 Å². The lowest BCUT2D eigenvalue weighted by molar-refractivity contribution is -0.149. The first-order chi connectivity index (χ1) is 8.53. The maximum atomic E-state index is 11.9. The molecule has 0 radical (unpaired) electrons. The van der Waals surface area contributed by atoms with Gasteiger partial charge in [-0.3, -0.25) is 9.59 Å². The minimum Gasteiger partial charge on any atom is -0.481 e. The summed E-state index contributed by atoms with van der Waals surface area (Å²) in [5.41, 5.74) is -0.750. The molecule has 1 aliphatic heterocycles. The first-order valence-electron chi connectivity index (χ1n) is 6.70. The first kappa shape index (κ1) is 13.3. The van der Waals surface area contributed by atoms with E-state index in [1.54, 1.807) is 0 Å². The molecule has 0 aromatic heterocycles. The molecule has 102 valence electrons. The predicted molar refractivity (Wildman–Crippen MR) is 65.1 cm³/mol. The zero-order valence-corrected chi connectivity index (χ0v) is 10.8. The minimum absolute atomic E-state index is 0.126. The van der Waals surface area contributed by atoms with Crippen molar-refractivity contribution in [2.24, 2.45) is 5.41 Å². The van der Waals surface area contributed by atoms with E-state index >= 15 is 0 Å². The molecule has 1 amide bonds. The quantitative estimate of drug-likeness (QED) is 0.794. The SMILES string of the molecule is CC1CCC(C(=O)NCC2(C(=O)O)CCCC2)O1. The molecule has 18 heavy (non-hydrogen) atoms. The topological polar surface area (TPSA) is 75.6 Å². The summed E-state index contributed by atoms with van der Waals surface area (Å²) in [5, 5.41) is 12.1. The molecule has 2 N–H and O–H groups in total. The van der Waals surface area contributed by atoms with Crippen molar-refractivity contribution in [1.29, 1.82) is 0 Å². The van der Waals surface area contributed by atoms with Crippen LogP contribution in [0.4, 0.5) is 0 Å². The molecular weight excluding hydrogens is 234 g/mol. The van der Waals surface area contributed by atoms with Crippen molar-refractivity contribution in [1.82, 2.24) is 5.32 Å². The number of amides is 1. The second-order valence-corrected chi connectivity index (χ2v) is 5.52. The summed E-state index contributed by atoms with van der Waals surface area (Å²) in [6.07, 6.45) is 4.52. The fourth-order valence-corrected chi connectivity index (χ4v) is 2.88. The summed E-state index contributed by atoms with van der Waals surface area (Å²) in [6, 6.07) is 0. The molecule has 2 aliphatic rings. The van der Waals surface area contributed by atoms with Crippen molar-refractivity contribution in [2.75, 3.05) is 6.54 Å². The highest BCUT2D eigenvalue weighted by molar-refractivity contribution is 5.82. The lowest BCUT2D eigenvalue weighted by Crippen LogP contribution is -2.44. The van der Waals surface area contributed by atoms with Crippen LogP contribution >= 0.6 is 0 Å². The number of carboxylic acids is 1. The van der Waals surface area contributed by atoms with Gasteiger partial charge >= 0.3 is 5.97 Å². The second-order valence-electron chi connectivity index (χ2n) is 5.52. The van der Waals surface area contributed by atoms with Crippen LogP contribution in [0.25, 0.3) is 0 Å². The molecule has 2 fully saturated rings. The molecule has 1 saturated carbocycles. The van der Waals surface area contributed by atoms with Crippen molar-refractivity contribution < 1.29 is 19.4 Å². The number of ether oxygens (including phenoxy) is 1. The Morgan fingerprint density at radius 2 is 2.00 bits per heavy atom. The van der Waals surface area contributed by atoms with Crippen LogP contribution in [0, 0.1) is 5.41 Å². The van der Waals surface area contributed by atoms with E-state index < -0.39 is 17.5 Å². The van der Waals surface area contributed by atoms with Gasteiger partial charge < -0.3 is 15.2 Å². The molecule has 1 aliphatic carbocycles. The summed E-state index contributed by atoms with van der Waals surface area (Å²) in [4.78, 5) is 23.2. The molecule has 0 spiro atoms. The second kappa shape index (κ2) is 5.26. The largest absolute Gasteiger partial charge is 0.481 e. The van der Waals surface area contributed by atoms with Gasteiger partial charge in [0, 0.05) is 6.54 Å². The monoisotopic (exact) mass is 255 g/mol. The summed E-state index contributed by atoms with van der Waals surface area (Å²) in [5.74, 6) is -0.951. The number of nitrogens with one attached hydrogen (secondary N) is 1. The molecule has 0 aromatic rings. The van der Waals surface area contributed by atoms with Gasteiger partial charge in [0.15, 0.2) is 0 Å². The highest BCUT2D eigenvalue weighted by Gasteiger charge is 2.42. The van der Waals surface area contributed by atoms with Crippen LogP contribution in [0.2, 0.25) is 0 Å². The van der Waals surface area contributed by atoms with Crippen molar-refractivity contribution in [3.63, 3.8) is 0 Å². The minimum atomic E-state index is -0.791. The normalized spacial score (nSPS) is 30.3. The van der Waals surface area contributed by atoms with E-state index in [0.717, 1.165) is 25.7 Å². The molecular formula is C13H21NO4. The summed E-state index contributed by atoms with van der Waals surface area (Å²) < 4.78 is 5.47. The van der Waals surface area contributed by atoms with Crippen LogP contribution < -0.4 is 5.32 Å². The van der Waals surface area contributed by atoms with E-state index in [4.69, 9.17) is 4.74 Å². The van der Waals surface area contributed by atoms with Crippen molar-refractivity contribution in [3.05, 3.63) is 0 Å². The van der Waals surface area contributed by atoms with Gasteiger partial charge in [-0.25, -0.2) is 0 Å². The molecule has 1 saturated heterocycles. The maximum absolute atomic E-state index is 11.9. The van der Waals surface area contributed by atoms with E-state index in [9.17, 15) is 14.7 Å². The fraction of sp³-hybridized carbons (Fsp3) is 0.846. The fourth-order valence-electron chi connectivity index (χ4n) is 2.88. The standard InChI is InChI=1S/C13H21NO4/c1-9-4-5-10(18-9)11(15)14-8-13(12(16)17)6-2-3-7-13/h9-10H,2-8H2,1H3,(H,14,15)(H,16,17). The lowest BCUT2D eigenvalue weighted by Gasteiger charge is -2.24. The van der Waals surface area contributed by atoms with Crippen LogP contribution in [0.5, 0.6) is 0 Å². The molecule has 5 nitrogen and oxygen atoms in total. The van der Waals surface area contributed by atoms with Crippen molar-refractivity contribution in [2.45, 2.75) is 57.7 Å². The van der Waals surface area contributed by atoms with Gasteiger partial charge in [-0.15, -0.1) is 0 Å². The molecule has 2 atom stereocenters. The van der Waals surface area contributed by atoms with Crippen molar-refractivity contribution in [3.8, 4) is 0 Å². The zero-order chi connectivity index (χ0) is 13.2. The number of hydrogen-bond acceptors (Lipinski definition) is 3. The molecule has 5 heteroatoms. The number of aliphatic carboxylic acids is 1. The lowest BCUT2D eigenvalue weighted by atomic mass is 9.86. The van der Waals surface area contributed by atoms with Crippen molar-refractivity contribution >= 4 is 11.9 Å². The Balaban J connectivity index is 1.86. The summed E-state index contributed by atoms with van der Waals surface area (Å²) >= 11 is 0. The Morgan fingerprint density at radius 3 is 2.50 bits per heavy atom. The van der Waals surface area contributed by atoms with E-state index in [2.05, 4.69) is 5.32 Å². The van der Waals surface area contributed by atoms with E-state index in [0.29, 0.717) is 12.8 Å². The first-order valence-corrected chi connectivity index (χ1v) is 6.70. The van der Waals surface area contributed by atoms with Crippen LogP contribution in [0.3, 0.4) is 0 Å². The Morgan fingerprint density at radius 1 is 1.33 bits per heavy atom. The predicted octanol–water partition coefficient (Wildman–Crippen LogP) is 1.32. The van der Waals surface area contributed by atoms with E-state index in [1.165, 1.54) is 0 Å². The average molecular weight is 255 g/mol. The molecule has 0 aromatic carbocycles. The van der Waals surface area contributed by atoms with E-state index in [1.807, 2.05) is 6.92 Å². The Labute approximate surface area is 107 Å². The molecule has 2 unspecified atom stereocenters. The number of hydrogen-bond donors (Lipinski definition) is 2. The Hall–Kier alpha value is -1.10. The number of carboxylic acid groups (broad SMARTS) is 1.